The summed E-state index contributed by atoms with van der Waals surface area (Å²) in [6.07, 6.45) is 0. The number of rotatable bonds is 3. The molecule has 0 radical (unpaired) electrons. The van der Waals surface area contributed by atoms with Gasteiger partial charge in [0.25, 0.3) is 0 Å². The molecule has 0 atom stereocenters. The van der Waals surface area contributed by atoms with E-state index in [1.807, 2.05) is 26.1 Å². The average Bonchev–Trinajstić information content (AvgIpc) is 2.67. The Hall–Kier alpha value is -1.61. The van der Waals surface area contributed by atoms with E-state index in [2.05, 4.69) is 5.32 Å². The number of hydrogen-bond acceptors (Lipinski definition) is 2. The Kier molecular flexibility index (Phi) is 3.06. The molecule has 1 N–H and O–H groups in total. The van der Waals surface area contributed by atoms with Crippen molar-refractivity contribution in [1.82, 2.24) is 5.32 Å². The quantitative estimate of drug-likeness (QED) is 0.858. The molecule has 2 aromatic rings. The maximum atomic E-state index is 12.9. The fraction of sp³-hybridized carbons (Fsp3) is 0.231. The third kappa shape index (κ3) is 2.14. The first kappa shape index (κ1) is 10.9. The molecule has 0 aliphatic carbocycles. The Labute approximate surface area is 94.1 Å². The third-order valence-corrected chi connectivity index (χ3v) is 2.47. The van der Waals surface area contributed by atoms with Crippen LogP contribution in [0.4, 0.5) is 4.39 Å². The van der Waals surface area contributed by atoms with Gasteiger partial charge < -0.3 is 9.73 Å². The van der Waals surface area contributed by atoms with Gasteiger partial charge in [-0.25, -0.2) is 4.39 Å². The van der Waals surface area contributed by atoms with Gasteiger partial charge in [0.05, 0.1) is 6.54 Å². The van der Waals surface area contributed by atoms with Crippen molar-refractivity contribution >= 4 is 0 Å². The highest BCUT2D eigenvalue weighted by atomic mass is 19.1. The van der Waals surface area contributed by atoms with Crippen molar-refractivity contribution in [3.63, 3.8) is 0 Å². The van der Waals surface area contributed by atoms with E-state index in [1.165, 1.54) is 12.1 Å². The second kappa shape index (κ2) is 4.49. The standard InChI is InChI=1S/C13H14FNO/c1-9-7-10(14)3-5-12(9)13-6-4-11(16-13)8-15-2/h3-7,15H,8H2,1-2H3. The maximum absolute atomic E-state index is 12.9. The van der Waals surface area contributed by atoms with E-state index < -0.39 is 0 Å². The molecule has 1 aromatic heterocycles. The van der Waals surface area contributed by atoms with Gasteiger partial charge in [0.15, 0.2) is 0 Å². The van der Waals surface area contributed by atoms with Crippen molar-refractivity contribution in [2.24, 2.45) is 0 Å². The highest BCUT2D eigenvalue weighted by Gasteiger charge is 2.07. The van der Waals surface area contributed by atoms with Crippen LogP contribution in [0.25, 0.3) is 11.3 Å². The maximum Gasteiger partial charge on any atom is 0.134 e. The second-order valence-corrected chi connectivity index (χ2v) is 3.76. The number of benzene rings is 1. The van der Waals surface area contributed by atoms with Crippen LogP contribution in [0.5, 0.6) is 0 Å². The lowest BCUT2D eigenvalue weighted by atomic mass is 10.1. The van der Waals surface area contributed by atoms with E-state index in [9.17, 15) is 4.39 Å². The molecule has 0 amide bonds. The van der Waals surface area contributed by atoms with Gasteiger partial charge in [-0.05, 0) is 49.9 Å². The molecule has 2 nitrogen and oxygen atoms in total. The van der Waals surface area contributed by atoms with Crippen LogP contribution in [0, 0.1) is 12.7 Å². The molecule has 0 aliphatic rings. The first-order valence-corrected chi connectivity index (χ1v) is 5.20. The smallest absolute Gasteiger partial charge is 0.134 e. The fourth-order valence-electron chi connectivity index (χ4n) is 1.70. The van der Waals surface area contributed by atoms with Gasteiger partial charge in [0.2, 0.25) is 0 Å². The van der Waals surface area contributed by atoms with E-state index >= 15 is 0 Å². The highest BCUT2D eigenvalue weighted by Crippen LogP contribution is 2.25. The van der Waals surface area contributed by atoms with Crippen molar-refractivity contribution in [3.05, 3.63) is 47.5 Å². The molecule has 1 heterocycles. The molecule has 0 spiro atoms. The molecule has 0 saturated carbocycles. The topological polar surface area (TPSA) is 25.2 Å². The average molecular weight is 219 g/mol. The molecule has 0 aliphatic heterocycles. The van der Waals surface area contributed by atoms with Crippen LogP contribution in [0.1, 0.15) is 11.3 Å². The largest absolute Gasteiger partial charge is 0.460 e. The summed E-state index contributed by atoms with van der Waals surface area (Å²) in [6.45, 7) is 2.57. The number of nitrogens with one attached hydrogen (secondary N) is 1. The van der Waals surface area contributed by atoms with Crippen LogP contribution in [-0.2, 0) is 6.54 Å². The number of halogens is 1. The van der Waals surface area contributed by atoms with Gasteiger partial charge in [-0.1, -0.05) is 0 Å². The van der Waals surface area contributed by atoms with Crippen LogP contribution in [0.2, 0.25) is 0 Å². The Balaban J connectivity index is 2.35. The van der Waals surface area contributed by atoms with Gasteiger partial charge in [-0.3, -0.25) is 0 Å². The number of furan rings is 1. The van der Waals surface area contributed by atoms with Crippen LogP contribution in [0.15, 0.2) is 34.7 Å². The van der Waals surface area contributed by atoms with Crippen LogP contribution in [0.3, 0.4) is 0 Å². The molecule has 16 heavy (non-hydrogen) atoms. The summed E-state index contributed by atoms with van der Waals surface area (Å²) in [5.41, 5.74) is 1.81. The SMILES string of the molecule is CNCc1ccc(-c2ccc(F)cc2C)o1. The fourth-order valence-corrected chi connectivity index (χ4v) is 1.70. The van der Waals surface area contributed by atoms with Crippen molar-refractivity contribution in [1.29, 1.82) is 0 Å². The van der Waals surface area contributed by atoms with Gasteiger partial charge in [0.1, 0.15) is 17.3 Å². The first-order valence-electron chi connectivity index (χ1n) is 5.20. The molecule has 3 heteroatoms. The Morgan fingerprint density at radius 2 is 2.06 bits per heavy atom. The predicted molar refractivity (Wildman–Crippen MR) is 61.6 cm³/mol. The second-order valence-electron chi connectivity index (χ2n) is 3.76. The van der Waals surface area contributed by atoms with E-state index in [4.69, 9.17) is 4.42 Å². The Morgan fingerprint density at radius 1 is 1.25 bits per heavy atom. The highest BCUT2D eigenvalue weighted by molar-refractivity contribution is 5.61. The third-order valence-electron chi connectivity index (χ3n) is 2.47. The monoisotopic (exact) mass is 219 g/mol. The minimum atomic E-state index is -0.219. The summed E-state index contributed by atoms with van der Waals surface area (Å²) in [4.78, 5) is 0. The summed E-state index contributed by atoms with van der Waals surface area (Å²) in [6, 6.07) is 8.53. The van der Waals surface area contributed by atoms with Crippen LogP contribution < -0.4 is 5.32 Å². The van der Waals surface area contributed by atoms with Gasteiger partial charge >= 0.3 is 0 Å². The minimum Gasteiger partial charge on any atom is -0.460 e. The molecule has 0 bridgehead atoms. The number of hydrogen-bond donors (Lipinski definition) is 1. The van der Waals surface area contributed by atoms with E-state index in [1.54, 1.807) is 6.07 Å². The molecule has 84 valence electrons. The zero-order chi connectivity index (χ0) is 11.5. The van der Waals surface area contributed by atoms with Gasteiger partial charge in [-0.15, -0.1) is 0 Å². The molecule has 1 aromatic carbocycles. The Morgan fingerprint density at radius 3 is 2.75 bits per heavy atom. The lowest BCUT2D eigenvalue weighted by Gasteiger charge is -2.02. The van der Waals surface area contributed by atoms with Crippen molar-refractivity contribution < 1.29 is 8.81 Å². The summed E-state index contributed by atoms with van der Waals surface area (Å²) in [5, 5.41) is 3.02. The molecule has 0 unspecified atom stereocenters. The lowest BCUT2D eigenvalue weighted by Crippen LogP contribution is -2.03. The van der Waals surface area contributed by atoms with Gasteiger partial charge in [-0.2, -0.15) is 0 Å². The summed E-state index contributed by atoms with van der Waals surface area (Å²) >= 11 is 0. The predicted octanol–water partition coefficient (Wildman–Crippen LogP) is 3.11. The first-order chi connectivity index (χ1) is 7.70. The van der Waals surface area contributed by atoms with Crippen molar-refractivity contribution in [2.45, 2.75) is 13.5 Å². The van der Waals surface area contributed by atoms with E-state index in [0.717, 1.165) is 22.6 Å². The summed E-state index contributed by atoms with van der Waals surface area (Å²) in [5.74, 6) is 1.44. The molecule has 0 saturated heterocycles. The van der Waals surface area contributed by atoms with Gasteiger partial charge in [0, 0.05) is 5.56 Å². The van der Waals surface area contributed by atoms with E-state index in [-0.39, 0.29) is 5.82 Å². The lowest BCUT2D eigenvalue weighted by molar-refractivity contribution is 0.507. The molecular weight excluding hydrogens is 205 g/mol. The zero-order valence-corrected chi connectivity index (χ0v) is 9.38. The van der Waals surface area contributed by atoms with Crippen LogP contribution in [-0.4, -0.2) is 7.05 Å². The summed E-state index contributed by atoms with van der Waals surface area (Å²) < 4.78 is 18.6. The molecular formula is C13H14FNO. The summed E-state index contributed by atoms with van der Waals surface area (Å²) in [7, 11) is 1.87. The normalized spacial score (nSPS) is 10.7. The van der Waals surface area contributed by atoms with Crippen LogP contribution >= 0.6 is 0 Å². The van der Waals surface area contributed by atoms with Crippen molar-refractivity contribution in [2.75, 3.05) is 7.05 Å². The Bertz CT molecular complexity index is 490. The molecule has 2 rings (SSSR count). The minimum absolute atomic E-state index is 0.219. The zero-order valence-electron chi connectivity index (χ0n) is 9.38. The molecule has 0 fully saturated rings. The van der Waals surface area contributed by atoms with E-state index in [0.29, 0.717) is 6.54 Å². The van der Waals surface area contributed by atoms with Crippen molar-refractivity contribution in [3.8, 4) is 11.3 Å². The number of aryl methyl sites for hydroxylation is 1.